The number of methoxy groups -OCH3 is 2. The lowest BCUT2D eigenvalue weighted by Crippen LogP contribution is -2.40. The van der Waals surface area contributed by atoms with E-state index in [0.717, 1.165) is 0 Å². The number of hydrogen-bond acceptors (Lipinski definition) is 4. The first-order valence-corrected chi connectivity index (χ1v) is 8.01. The molecule has 0 saturated heterocycles. The van der Waals surface area contributed by atoms with Crippen LogP contribution in [-0.4, -0.2) is 26.2 Å². The quantitative estimate of drug-likeness (QED) is 0.310. The van der Waals surface area contributed by atoms with Crippen LogP contribution in [0.2, 0.25) is 0 Å². The first kappa shape index (κ1) is 19.2. The van der Waals surface area contributed by atoms with Crippen LogP contribution in [0.5, 0.6) is 0 Å². The van der Waals surface area contributed by atoms with Gasteiger partial charge in [-0.05, 0) is 49.2 Å². The molecule has 0 unspecified atom stereocenters. The molecule has 1 aliphatic carbocycles. The van der Waals surface area contributed by atoms with Gasteiger partial charge < -0.3 is 9.47 Å². The maximum absolute atomic E-state index is 12.3. The van der Waals surface area contributed by atoms with Gasteiger partial charge in [0.2, 0.25) is 0 Å². The molecule has 0 N–H and O–H groups in total. The average molecular weight is 320 g/mol. The second-order valence-electron chi connectivity index (χ2n) is 7.12. The highest BCUT2D eigenvalue weighted by molar-refractivity contribution is 6.00. The predicted molar refractivity (Wildman–Crippen MR) is 89.7 cm³/mol. The van der Waals surface area contributed by atoms with Gasteiger partial charge in [0.15, 0.2) is 5.41 Å². The monoisotopic (exact) mass is 320 g/mol. The molecule has 4 nitrogen and oxygen atoms in total. The maximum Gasteiger partial charge on any atom is 0.323 e. The van der Waals surface area contributed by atoms with E-state index in [1.165, 1.54) is 27.1 Å². The molecule has 23 heavy (non-hydrogen) atoms. The van der Waals surface area contributed by atoms with E-state index in [0.29, 0.717) is 5.92 Å². The zero-order valence-corrected chi connectivity index (χ0v) is 14.8. The van der Waals surface area contributed by atoms with Crippen molar-refractivity contribution in [3.8, 4) is 0 Å². The Labute approximate surface area is 139 Å². The minimum Gasteiger partial charge on any atom is -0.468 e. The van der Waals surface area contributed by atoms with E-state index in [1.54, 1.807) is 6.08 Å². The Morgan fingerprint density at radius 2 is 1.65 bits per heavy atom. The summed E-state index contributed by atoms with van der Waals surface area (Å²) in [6, 6.07) is 0. The summed E-state index contributed by atoms with van der Waals surface area (Å²) >= 11 is 0. The highest BCUT2D eigenvalue weighted by atomic mass is 16.5. The summed E-state index contributed by atoms with van der Waals surface area (Å²) in [6.45, 7) is 6.17. The Balaban J connectivity index is 3.01. The molecule has 128 valence electrons. The molecular weight excluding hydrogens is 292 g/mol. The first-order valence-electron chi connectivity index (χ1n) is 8.01. The van der Waals surface area contributed by atoms with Crippen molar-refractivity contribution in [3.63, 3.8) is 0 Å². The largest absolute Gasteiger partial charge is 0.468 e. The minimum atomic E-state index is -1.34. The summed E-state index contributed by atoms with van der Waals surface area (Å²) in [5.74, 6) is -0.559. The molecule has 0 bridgehead atoms. The third-order valence-electron chi connectivity index (χ3n) is 3.73. The molecule has 4 heteroatoms. The standard InChI is InChI=1S/C19H28O4/c1-18(2,3)12-6-7-13-19(16(20)22-4,17(21)23-5)14-8-9-15-10-11-15/h7-9,12,15H,10-11,13-14H2,1-5H3/b9-8+. The zero-order chi connectivity index (χ0) is 17.5. The van der Waals surface area contributed by atoms with Crippen molar-refractivity contribution in [1.82, 2.24) is 0 Å². The molecule has 0 aromatic rings. The van der Waals surface area contributed by atoms with E-state index in [1.807, 2.05) is 12.2 Å². The lowest BCUT2D eigenvalue weighted by atomic mass is 9.80. The van der Waals surface area contributed by atoms with Crippen LogP contribution in [0.3, 0.4) is 0 Å². The Morgan fingerprint density at radius 1 is 1.09 bits per heavy atom. The van der Waals surface area contributed by atoms with Gasteiger partial charge in [0.05, 0.1) is 14.2 Å². The number of rotatable bonds is 7. The molecule has 0 spiro atoms. The Kier molecular flexibility index (Phi) is 6.83. The van der Waals surface area contributed by atoms with E-state index < -0.39 is 17.4 Å². The molecule has 0 aromatic heterocycles. The number of carbonyl (C=O) groups is 2. The van der Waals surface area contributed by atoms with Gasteiger partial charge in [-0.25, -0.2) is 0 Å². The Morgan fingerprint density at radius 3 is 2.09 bits per heavy atom. The van der Waals surface area contributed by atoms with Crippen molar-refractivity contribution >= 4 is 11.9 Å². The summed E-state index contributed by atoms with van der Waals surface area (Å²) in [6.07, 6.45) is 10.4. The Hall–Kier alpha value is -1.80. The van der Waals surface area contributed by atoms with Crippen molar-refractivity contribution < 1.29 is 19.1 Å². The van der Waals surface area contributed by atoms with E-state index >= 15 is 0 Å². The van der Waals surface area contributed by atoms with Gasteiger partial charge in [-0.2, -0.15) is 0 Å². The molecule has 1 aliphatic rings. The molecule has 0 heterocycles. The van der Waals surface area contributed by atoms with Crippen LogP contribution in [0, 0.1) is 16.7 Å². The summed E-state index contributed by atoms with van der Waals surface area (Å²) in [4.78, 5) is 24.6. The number of allylic oxidation sites excluding steroid dienone is 3. The molecule has 1 rings (SSSR count). The maximum atomic E-state index is 12.3. The molecule has 0 amide bonds. The summed E-state index contributed by atoms with van der Waals surface area (Å²) in [7, 11) is 2.58. The van der Waals surface area contributed by atoms with Gasteiger partial charge in [-0.3, -0.25) is 9.59 Å². The smallest absolute Gasteiger partial charge is 0.323 e. The predicted octanol–water partition coefficient (Wildman–Crippen LogP) is 3.82. The van der Waals surface area contributed by atoms with Crippen LogP contribution < -0.4 is 0 Å². The van der Waals surface area contributed by atoms with Crippen molar-refractivity contribution in [2.75, 3.05) is 14.2 Å². The normalized spacial score (nSPS) is 15.0. The lowest BCUT2D eigenvalue weighted by molar-refractivity contribution is -0.168. The second kappa shape index (κ2) is 8.16. The van der Waals surface area contributed by atoms with Crippen molar-refractivity contribution in [3.05, 3.63) is 30.0 Å². The van der Waals surface area contributed by atoms with Crippen molar-refractivity contribution in [2.45, 2.75) is 46.5 Å². The molecule has 0 aromatic carbocycles. The van der Waals surface area contributed by atoms with Gasteiger partial charge in [-0.15, -0.1) is 5.73 Å². The van der Waals surface area contributed by atoms with Gasteiger partial charge in [0.25, 0.3) is 0 Å². The van der Waals surface area contributed by atoms with Crippen LogP contribution >= 0.6 is 0 Å². The molecule has 0 atom stereocenters. The minimum absolute atomic E-state index is 0.0123. The summed E-state index contributed by atoms with van der Waals surface area (Å²) in [5.41, 5.74) is 1.71. The number of esters is 2. The SMILES string of the molecule is COC(=O)C(CC=C=CC(C)(C)C)(C/C=C/C1CC1)C(=O)OC. The van der Waals surface area contributed by atoms with E-state index in [4.69, 9.17) is 9.47 Å². The lowest BCUT2D eigenvalue weighted by Gasteiger charge is -2.25. The highest BCUT2D eigenvalue weighted by Gasteiger charge is 2.46. The molecule has 0 aliphatic heterocycles. The topological polar surface area (TPSA) is 52.6 Å². The van der Waals surface area contributed by atoms with Crippen molar-refractivity contribution in [2.24, 2.45) is 16.7 Å². The summed E-state index contributed by atoms with van der Waals surface area (Å²) < 4.78 is 9.76. The van der Waals surface area contributed by atoms with E-state index in [9.17, 15) is 9.59 Å². The first-order chi connectivity index (χ1) is 10.7. The molecule has 0 radical (unpaired) electrons. The van der Waals surface area contributed by atoms with Crippen LogP contribution in [0.15, 0.2) is 30.0 Å². The number of hydrogen-bond donors (Lipinski definition) is 0. The third-order valence-corrected chi connectivity index (χ3v) is 3.73. The fraction of sp³-hybridized carbons (Fsp3) is 0.632. The van der Waals surface area contributed by atoms with Crippen LogP contribution in [-0.2, 0) is 19.1 Å². The van der Waals surface area contributed by atoms with Crippen LogP contribution in [0.1, 0.15) is 46.5 Å². The van der Waals surface area contributed by atoms with Gasteiger partial charge in [0.1, 0.15) is 0 Å². The van der Waals surface area contributed by atoms with E-state index in [2.05, 4.69) is 32.6 Å². The van der Waals surface area contributed by atoms with E-state index in [-0.39, 0.29) is 18.3 Å². The molecule has 1 saturated carbocycles. The molecule has 1 fully saturated rings. The zero-order valence-electron chi connectivity index (χ0n) is 14.8. The third kappa shape index (κ3) is 6.07. The van der Waals surface area contributed by atoms with Crippen molar-refractivity contribution in [1.29, 1.82) is 0 Å². The average Bonchev–Trinajstić information content (AvgIpc) is 3.31. The number of ether oxygens (including phenoxy) is 2. The van der Waals surface area contributed by atoms with Crippen LogP contribution in [0.25, 0.3) is 0 Å². The van der Waals surface area contributed by atoms with Gasteiger partial charge in [0, 0.05) is 0 Å². The highest BCUT2D eigenvalue weighted by Crippen LogP contribution is 2.34. The van der Waals surface area contributed by atoms with Gasteiger partial charge >= 0.3 is 11.9 Å². The number of carbonyl (C=O) groups excluding carboxylic acids is 2. The fourth-order valence-electron chi connectivity index (χ4n) is 2.18. The second-order valence-corrected chi connectivity index (χ2v) is 7.12. The fourth-order valence-corrected chi connectivity index (χ4v) is 2.18. The molecular formula is C19H28O4. The summed E-state index contributed by atoms with van der Waals surface area (Å²) in [5, 5.41) is 0. The van der Waals surface area contributed by atoms with Crippen LogP contribution in [0.4, 0.5) is 0 Å². The Bertz CT molecular complexity index is 496. The van der Waals surface area contributed by atoms with Gasteiger partial charge in [-0.1, -0.05) is 32.9 Å².